The molecular weight excluding hydrogens is 220 g/mol. The van der Waals surface area contributed by atoms with Crippen molar-refractivity contribution in [3.05, 3.63) is 22.4 Å². The molecule has 0 bridgehead atoms. The van der Waals surface area contributed by atoms with Crippen LogP contribution in [0.2, 0.25) is 0 Å². The van der Waals surface area contributed by atoms with E-state index in [0.717, 1.165) is 19.5 Å². The third-order valence-electron chi connectivity index (χ3n) is 2.91. The molecule has 4 heteroatoms. The molecule has 88 valence electrons. The highest BCUT2D eigenvalue weighted by atomic mass is 32.1. The molecule has 0 aromatic carbocycles. The fraction of sp³-hybridized carbons (Fsp3) is 0.583. The van der Waals surface area contributed by atoms with Gasteiger partial charge in [-0.05, 0) is 23.8 Å². The predicted molar refractivity (Wildman–Crippen MR) is 66.6 cm³/mol. The Labute approximate surface area is 100 Å². The van der Waals surface area contributed by atoms with Gasteiger partial charge in [0.2, 0.25) is 0 Å². The average molecular weight is 238 g/mol. The lowest BCUT2D eigenvalue weighted by Crippen LogP contribution is -2.49. The fourth-order valence-electron chi connectivity index (χ4n) is 2.21. The van der Waals surface area contributed by atoms with Gasteiger partial charge in [0.15, 0.2) is 0 Å². The van der Waals surface area contributed by atoms with Crippen LogP contribution in [0.4, 0.5) is 4.79 Å². The van der Waals surface area contributed by atoms with Crippen molar-refractivity contribution in [1.82, 2.24) is 10.2 Å². The maximum Gasteiger partial charge on any atom is 0.317 e. The van der Waals surface area contributed by atoms with Gasteiger partial charge in [0.25, 0.3) is 0 Å². The largest absolute Gasteiger partial charge is 0.338 e. The molecule has 1 aromatic rings. The number of amides is 2. The molecule has 1 atom stereocenters. The summed E-state index contributed by atoms with van der Waals surface area (Å²) < 4.78 is 0. The standard InChI is InChI=1S/C12H18N2OS/c1-9(2)11(10-5-3-8-16-10)14-7-4-6-13-12(14)15/h3,5,8-9,11H,4,6-7H2,1-2H3,(H,13,15). The van der Waals surface area contributed by atoms with Crippen LogP contribution in [0.15, 0.2) is 17.5 Å². The van der Waals surface area contributed by atoms with Gasteiger partial charge in [0, 0.05) is 18.0 Å². The Morgan fingerprint density at radius 1 is 1.50 bits per heavy atom. The first-order valence-electron chi connectivity index (χ1n) is 5.78. The van der Waals surface area contributed by atoms with Crippen molar-refractivity contribution in [3.8, 4) is 0 Å². The van der Waals surface area contributed by atoms with Crippen molar-refractivity contribution >= 4 is 17.4 Å². The molecule has 1 fully saturated rings. The van der Waals surface area contributed by atoms with Gasteiger partial charge in [0.1, 0.15) is 0 Å². The Bertz CT molecular complexity index is 348. The first kappa shape index (κ1) is 11.5. The summed E-state index contributed by atoms with van der Waals surface area (Å²) >= 11 is 1.73. The van der Waals surface area contributed by atoms with E-state index in [-0.39, 0.29) is 12.1 Å². The minimum Gasteiger partial charge on any atom is -0.338 e. The first-order valence-corrected chi connectivity index (χ1v) is 6.66. The van der Waals surface area contributed by atoms with Crippen LogP contribution in [-0.2, 0) is 0 Å². The Morgan fingerprint density at radius 2 is 2.31 bits per heavy atom. The number of thiophene rings is 1. The van der Waals surface area contributed by atoms with Gasteiger partial charge >= 0.3 is 6.03 Å². The number of rotatable bonds is 3. The molecule has 1 unspecified atom stereocenters. The fourth-order valence-corrected chi connectivity index (χ4v) is 3.23. The minimum atomic E-state index is 0.0818. The van der Waals surface area contributed by atoms with Crippen LogP contribution >= 0.6 is 11.3 Å². The Balaban J connectivity index is 2.22. The summed E-state index contributed by atoms with van der Waals surface area (Å²) in [5.41, 5.74) is 0. The van der Waals surface area contributed by atoms with Gasteiger partial charge < -0.3 is 10.2 Å². The van der Waals surface area contributed by atoms with Crippen molar-refractivity contribution in [2.45, 2.75) is 26.3 Å². The molecule has 0 radical (unpaired) electrons. The lowest BCUT2D eigenvalue weighted by Gasteiger charge is -2.36. The highest BCUT2D eigenvalue weighted by Crippen LogP contribution is 2.32. The molecule has 1 aliphatic rings. The quantitative estimate of drug-likeness (QED) is 0.863. The van der Waals surface area contributed by atoms with E-state index in [1.807, 2.05) is 4.90 Å². The highest BCUT2D eigenvalue weighted by Gasteiger charge is 2.29. The van der Waals surface area contributed by atoms with Crippen molar-refractivity contribution < 1.29 is 4.79 Å². The lowest BCUT2D eigenvalue weighted by molar-refractivity contribution is 0.143. The second-order valence-corrected chi connectivity index (χ2v) is 5.46. The SMILES string of the molecule is CC(C)C(c1cccs1)N1CCCNC1=O. The minimum absolute atomic E-state index is 0.0818. The van der Waals surface area contributed by atoms with Gasteiger partial charge in [-0.2, -0.15) is 0 Å². The van der Waals surface area contributed by atoms with Crippen LogP contribution in [0, 0.1) is 5.92 Å². The topological polar surface area (TPSA) is 32.3 Å². The van der Waals surface area contributed by atoms with Crippen molar-refractivity contribution in [3.63, 3.8) is 0 Å². The normalized spacial score (nSPS) is 18.7. The number of carbonyl (C=O) groups excluding carboxylic acids is 1. The Hall–Kier alpha value is -1.03. The zero-order chi connectivity index (χ0) is 11.5. The molecule has 0 aliphatic carbocycles. The van der Waals surface area contributed by atoms with Gasteiger partial charge in [0.05, 0.1) is 6.04 Å². The van der Waals surface area contributed by atoms with E-state index in [4.69, 9.17) is 0 Å². The maximum atomic E-state index is 11.9. The molecule has 1 aromatic heterocycles. The number of hydrogen-bond acceptors (Lipinski definition) is 2. The van der Waals surface area contributed by atoms with E-state index in [2.05, 4.69) is 36.7 Å². The lowest BCUT2D eigenvalue weighted by atomic mass is 10.0. The zero-order valence-electron chi connectivity index (χ0n) is 9.77. The molecular formula is C12H18N2OS. The van der Waals surface area contributed by atoms with E-state index >= 15 is 0 Å². The monoisotopic (exact) mass is 238 g/mol. The van der Waals surface area contributed by atoms with Crippen molar-refractivity contribution in [1.29, 1.82) is 0 Å². The summed E-state index contributed by atoms with van der Waals surface area (Å²) in [5.74, 6) is 0.447. The summed E-state index contributed by atoms with van der Waals surface area (Å²) in [6, 6.07) is 4.48. The van der Waals surface area contributed by atoms with Crippen molar-refractivity contribution in [2.75, 3.05) is 13.1 Å². The van der Waals surface area contributed by atoms with Crippen LogP contribution in [0.5, 0.6) is 0 Å². The zero-order valence-corrected chi connectivity index (χ0v) is 10.6. The van der Waals surface area contributed by atoms with Crippen LogP contribution in [0.3, 0.4) is 0 Å². The number of hydrogen-bond donors (Lipinski definition) is 1. The van der Waals surface area contributed by atoms with Crippen molar-refractivity contribution in [2.24, 2.45) is 5.92 Å². The summed E-state index contributed by atoms with van der Waals surface area (Å²) in [5, 5.41) is 5.00. The van der Waals surface area contributed by atoms with Crippen LogP contribution in [0.25, 0.3) is 0 Å². The van der Waals surface area contributed by atoms with Crippen LogP contribution in [-0.4, -0.2) is 24.0 Å². The van der Waals surface area contributed by atoms with Gasteiger partial charge in [-0.25, -0.2) is 4.79 Å². The summed E-state index contributed by atoms with van der Waals surface area (Å²) in [6.45, 7) is 6.02. The Kier molecular flexibility index (Phi) is 3.49. The highest BCUT2D eigenvalue weighted by molar-refractivity contribution is 7.10. The predicted octanol–water partition coefficient (Wildman–Crippen LogP) is 2.86. The van der Waals surface area contributed by atoms with Gasteiger partial charge in [-0.3, -0.25) is 0 Å². The number of urea groups is 1. The summed E-state index contributed by atoms with van der Waals surface area (Å²) in [4.78, 5) is 15.1. The maximum absolute atomic E-state index is 11.9. The third-order valence-corrected chi connectivity index (χ3v) is 3.86. The molecule has 16 heavy (non-hydrogen) atoms. The third kappa shape index (κ3) is 2.21. The van der Waals surface area contributed by atoms with E-state index in [9.17, 15) is 4.79 Å². The second kappa shape index (κ2) is 4.87. The number of nitrogens with one attached hydrogen (secondary N) is 1. The molecule has 3 nitrogen and oxygen atoms in total. The van der Waals surface area contributed by atoms with E-state index in [1.165, 1.54) is 4.88 Å². The summed E-state index contributed by atoms with van der Waals surface area (Å²) in [7, 11) is 0. The number of nitrogens with zero attached hydrogens (tertiary/aromatic N) is 1. The van der Waals surface area contributed by atoms with E-state index in [0.29, 0.717) is 5.92 Å². The molecule has 1 aliphatic heterocycles. The molecule has 2 heterocycles. The molecule has 1 N–H and O–H groups in total. The molecule has 0 saturated carbocycles. The second-order valence-electron chi connectivity index (χ2n) is 4.48. The molecule has 1 saturated heterocycles. The number of carbonyl (C=O) groups is 1. The summed E-state index contributed by atoms with van der Waals surface area (Å²) in [6.07, 6.45) is 1.04. The first-order chi connectivity index (χ1) is 7.70. The molecule has 0 spiro atoms. The smallest absolute Gasteiger partial charge is 0.317 e. The van der Waals surface area contributed by atoms with Crippen LogP contribution in [0.1, 0.15) is 31.2 Å². The Morgan fingerprint density at radius 3 is 2.88 bits per heavy atom. The average Bonchev–Trinajstić information content (AvgIpc) is 2.74. The molecule has 2 rings (SSSR count). The van der Waals surface area contributed by atoms with Gasteiger partial charge in [-0.15, -0.1) is 11.3 Å². The van der Waals surface area contributed by atoms with Gasteiger partial charge in [-0.1, -0.05) is 19.9 Å². The van der Waals surface area contributed by atoms with E-state index < -0.39 is 0 Å². The molecule has 2 amide bonds. The van der Waals surface area contributed by atoms with E-state index in [1.54, 1.807) is 11.3 Å². The van der Waals surface area contributed by atoms with Crippen LogP contribution < -0.4 is 5.32 Å².